The first kappa shape index (κ1) is 15.0. The molecule has 9 heteroatoms. The Morgan fingerprint density at radius 2 is 2.08 bits per heavy atom. The molecule has 0 amide bonds. The second kappa shape index (κ2) is 5.60. The number of anilines is 2. The quantitative estimate of drug-likeness (QED) is 0.510. The molecule has 2 N–H and O–H groups in total. The molecule has 5 aromatic rings. The van der Waals surface area contributed by atoms with Gasteiger partial charge < -0.3 is 10.3 Å². The highest BCUT2D eigenvalue weighted by Crippen LogP contribution is 2.29. The van der Waals surface area contributed by atoms with Crippen molar-refractivity contribution in [3.8, 4) is 11.3 Å². The van der Waals surface area contributed by atoms with E-state index in [1.54, 1.807) is 17.7 Å². The zero-order valence-corrected chi connectivity index (χ0v) is 14.9. The number of thiazole rings is 1. The second-order valence-electron chi connectivity index (χ2n) is 6.02. The molecular weight excluding hydrogens is 348 g/mol. The summed E-state index contributed by atoms with van der Waals surface area (Å²) in [5, 5.41) is 9.84. The van der Waals surface area contributed by atoms with Gasteiger partial charge in [0.15, 0.2) is 11.5 Å². The number of fused-ring (bicyclic) bond motifs is 2. The maximum atomic E-state index is 4.61. The van der Waals surface area contributed by atoms with E-state index in [2.05, 4.69) is 72.8 Å². The SMILES string of the molecule is Cc1ccc(-c2csc3nc(Nc4ncnc5nc[nH]c45)nn23)c(C)c1. The molecule has 128 valence electrons. The van der Waals surface area contributed by atoms with Gasteiger partial charge in [-0.15, -0.1) is 16.4 Å². The van der Waals surface area contributed by atoms with E-state index in [0.29, 0.717) is 17.4 Å². The number of hydrogen-bond acceptors (Lipinski definition) is 7. The smallest absolute Gasteiger partial charge is 0.249 e. The fraction of sp³-hybridized carbons (Fsp3) is 0.118. The molecule has 0 radical (unpaired) electrons. The minimum absolute atomic E-state index is 0.484. The summed E-state index contributed by atoms with van der Waals surface area (Å²) in [6.45, 7) is 4.20. The molecular formula is C17H14N8S. The van der Waals surface area contributed by atoms with Crippen LogP contribution in [0, 0.1) is 13.8 Å². The van der Waals surface area contributed by atoms with Crippen molar-refractivity contribution in [1.82, 2.24) is 34.5 Å². The number of rotatable bonds is 3. The van der Waals surface area contributed by atoms with Gasteiger partial charge in [0, 0.05) is 10.9 Å². The summed E-state index contributed by atoms with van der Waals surface area (Å²) < 4.78 is 1.86. The van der Waals surface area contributed by atoms with Crippen LogP contribution in [0.3, 0.4) is 0 Å². The standard InChI is InChI=1S/C17H14N8S/c1-9-3-4-11(10(2)5-9)12-6-26-17-23-16(24-25(12)17)22-15-13-14(19-7-18-13)20-8-21-15/h3-8H,1-2H3,(H2,18,19,20,21,22,24). The lowest BCUT2D eigenvalue weighted by Gasteiger charge is -2.05. The number of aromatic nitrogens is 7. The van der Waals surface area contributed by atoms with Gasteiger partial charge in [-0.2, -0.15) is 4.98 Å². The Morgan fingerprint density at radius 1 is 1.15 bits per heavy atom. The van der Waals surface area contributed by atoms with Gasteiger partial charge in [-0.1, -0.05) is 23.8 Å². The monoisotopic (exact) mass is 362 g/mol. The van der Waals surface area contributed by atoms with Crippen LogP contribution in [0.1, 0.15) is 11.1 Å². The minimum atomic E-state index is 0.484. The van der Waals surface area contributed by atoms with E-state index < -0.39 is 0 Å². The van der Waals surface area contributed by atoms with Gasteiger partial charge in [0.05, 0.1) is 12.0 Å². The average molecular weight is 362 g/mol. The van der Waals surface area contributed by atoms with E-state index >= 15 is 0 Å². The van der Waals surface area contributed by atoms with Crippen LogP contribution in [0.2, 0.25) is 0 Å². The van der Waals surface area contributed by atoms with E-state index in [4.69, 9.17) is 0 Å². The molecule has 0 atom stereocenters. The fourth-order valence-electron chi connectivity index (χ4n) is 2.99. The van der Waals surface area contributed by atoms with Crippen molar-refractivity contribution >= 4 is 39.2 Å². The molecule has 0 saturated carbocycles. The number of benzene rings is 1. The first-order chi connectivity index (χ1) is 12.7. The summed E-state index contributed by atoms with van der Waals surface area (Å²) in [6, 6.07) is 6.40. The highest BCUT2D eigenvalue weighted by molar-refractivity contribution is 7.15. The highest BCUT2D eigenvalue weighted by atomic mass is 32.1. The lowest BCUT2D eigenvalue weighted by Crippen LogP contribution is -1.98. The van der Waals surface area contributed by atoms with Gasteiger partial charge in [0.25, 0.3) is 0 Å². The van der Waals surface area contributed by atoms with Crippen molar-refractivity contribution in [1.29, 1.82) is 0 Å². The summed E-state index contributed by atoms with van der Waals surface area (Å²) in [5.41, 5.74) is 5.95. The fourth-order valence-corrected chi connectivity index (χ4v) is 3.81. The number of aromatic amines is 1. The van der Waals surface area contributed by atoms with E-state index in [-0.39, 0.29) is 0 Å². The summed E-state index contributed by atoms with van der Waals surface area (Å²) in [7, 11) is 0. The zero-order chi connectivity index (χ0) is 17.7. The predicted molar refractivity (Wildman–Crippen MR) is 101 cm³/mol. The summed E-state index contributed by atoms with van der Waals surface area (Å²) in [5.74, 6) is 1.08. The highest BCUT2D eigenvalue weighted by Gasteiger charge is 2.15. The molecule has 0 aliphatic rings. The Hall–Kier alpha value is -3.33. The van der Waals surface area contributed by atoms with Gasteiger partial charge in [-0.05, 0) is 19.4 Å². The van der Waals surface area contributed by atoms with Crippen molar-refractivity contribution in [2.24, 2.45) is 0 Å². The number of nitrogens with one attached hydrogen (secondary N) is 2. The van der Waals surface area contributed by atoms with Crippen molar-refractivity contribution in [2.75, 3.05) is 5.32 Å². The van der Waals surface area contributed by atoms with Crippen LogP contribution >= 0.6 is 11.3 Å². The van der Waals surface area contributed by atoms with Crippen LogP contribution in [0.15, 0.2) is 36.2 Å². The lowest BCUT2D eigenvalue weighted by atomic mass is 10.0. The molecule has 0 aliphatic heterocycles. The third-order valence-electron chi connectivity index (χ3n) is 4.19. The van der Waals surface area contributed by atoms with Gasteiger partial charge in [-0.3, -0.25) is 0 Å². The molecule has 1 aromatic carbocycles. The first-order valence-corrected chi connectivity index (χ1v) is 8.90. The van der Waals surface area contributed by atoms with Crippen LogP contribution in [-0.4, -0.2) is 34.5 Å². The Balaban J connectivity index is 1.57. The largest absolute Gasteiger partial charge is 0.340 e. The molecule has 26 heavy (non-hydrogen) atoms. The summed E-state index contributed by atoms with van der Waals surface area (Å²) >= 11 is 1.55. The number of nitrogens with zero attached hydrogens (tertiary/aromatic N) is 6. The van der Waals surface area contributed by atoms with Crippen LogP contribution < -0.4 is 5.32 Å². The molecule has 5 rings (SSSR count). The Kier molecular flexibility index (Phi) is 3.22. The first-order valence-electron chi connectivity index (χ1n) is 8.02. The van der Waals surface area contributed by atoms with Gasteiger partial charge in [0.1, 0.15) is 11.8 Å². The van der Waals surface area contributed by atoms with Crippen molar-refractivity contribution in [2.45, 2.75) is 13.8 Å². The molecule has 0 bridgehead atoms. The topological polar surface area (TPSA) is 96.7 Å². The van der Waals surface area contributed by atoms with E-state index in [9.17, 15) is 0 Å². The van der Waals surface area contributed by atoms with Crippen LogP contribution in [0.4, 0.5) is 11.8 Å². The Labute approximate surface area is 152 Å². The number of imidazole rings is 1. The third kappa shape index (κ3) is 2.32. The predicted octanol–water partition coefficient (Wildman–Crippen LogP) is 3.48. The zero-order valence-electron chi connectivity index (χ0n) is 14.1. The summed E-state index contributed by atoms with van der Waals surface area (Å²) in [4.78, 5) is 20.9. The van der Waals surface area contributed by atoms with Gasteiger partial charge in [0.2, 0.25) is 10.9 Å². The van der Waals surface area contributed by atoms with Crippen LogP contribution in [0.5, 0.6) is 0 Å². The number of aryl methyl sites for hydroxylation is 2. The number of H-pyrrole nitrogens is 1. The Bertz CT molecular complexity index is 1250. The minimum Gasteiger partial charge on any atom is -0.340 e. The molecule has 0 spiro atoms. The maximum Gasteiger partial charge on any atom is 0.249 e. The second-order valence-corrected chi connectivity index (χ2v) is 6.85. The molecule has 0 unspecified atom stereocenters. The molecule has 0 fully saturated rings. The van der Waals surface area contributed by atoms with Crippen molar-refractivity contribution in [3.63, 3.8) is 0 Å². The number of hydrogen-bond donors (Lipinski definition) is 2. The van der Waals surface area contributed by atoms with Crippen molar-refractivity contribution in [3.05, 3.63) is 47.4 Å². The average Bonchev–Trinajstić information content (AvgIpc) is 3.31. The molecule has 4 aromatic heterocycles. The third-order valence-corrected chi connectivity index (χ3v) is 5.01. The summed E-state index contributed by atoms with van der Waals surface area (Å²) in [6.07, 6.45) is 3.05. The molecule has 0 aliphatic carbocycles. The van der Waals surface area contributed by atoms with Crippen molar-refractivity contribution < 1.29 is 0 Å². The molecule has 0 saturated heterocycles. The normalized spacial score (nSPS) is 11.5. The van der Waals surface area contributed by atoms with Gasteiger partial charge >= 0.3 is 0 Å². The Morgan fingerprint density at radius 3 is 2.96 bits per heavy atom. The van der Waals surface area contributed by atoms with Gasteiger partial charge in [-0.25, -0.2) is 19.5 Å². The van der Waals surface area contributed by atoms with E-state index in [0.717, 1.165) is 21.7 Å². The maximum absolute atomic E-state index is 4.61. The van der Waals surface area contributed by atoms with E-state index in [1.807, 2.05) is 4.52 Å². The van der Waals surface area contributed by atoms with E-state index in [1.165, 1.54) is 17.5 Å². The van der Waals surface area contributed by atoms with Crippen LogP contribution in [-0.2, 0) is 0 Å². The van der Waals surface area contributed by atoms with Crippen LogP contribution in [0.25, 0.3) is 27.4 Å². The lowest BCUT2D eigenvalue weighted by molar-refractivity contribution is 0.985. The molecule has 8 nitrogen and oxygen atoms in total. The molecule has 4 heterocycles.